The second-order valence-corrected chi connectivity index (χ2v) is 2.21. The number of carbonyl (C=O) groups excluding carboxylic acids is 2. The van der Waals surface area contributed by atoms with E-state index in [9.17, 15) is 9.59 Å². The normalized spacial score (nSPS) is 8.20. The van der Waals surface area contributed by atoms with Crippen molar-refractivity contribution in [2.75, 3.05) is 0 Å². The van der Waals surface area contributed by atoms with Crippen LogP contribution >= 0.6 is 0 Å². The third kappa shape index (κ3) is 5.35. The second kappa shape index (κ2) is 7.43. The molecule has 0 radical (unpaired) electrons. The highest BCUT2D eigenvalue weighted by Gasteiger charge is 2.06. The molecule has 1 heterocycles. The number of nitrogens with one attached hydrogen (secondary N) is 2. The maximum Gasteiger partial charge on any atom is 0.307 e. The van der Waals surface area contributed by atoms with Crippen LogP contribution in [0.1, 0.15) is 31.4 Å². The van der Waals surface area contributed by atoms with Crippen LogP contribution in [0.2, 0.25) is 0 Å². The quantitative estimate of drug-likeness (QED) is 0.652. The van der Waals surface area contributed by atoms with Gasteiger partial charge in [0.1, 0.15) is 0 Å². The van der Waals surface area contributed by atoms with E-state index >= 15 is 0 Å². The van der Waals surface area contributed by atoms with E-state index in [1.165, 1.54) is 19.3 Å². The van der Waals surface area contributed by atoms with Gasteiger partial charge in [-0.3, -0.25) is 20.4 Å². The van der Waals surface area contributed by atoms with Crippen LogP contribution in [-0.4, -0.2) is 21.8 Å². The zero-order chi connectivity index (χ0) is 11.7. The fourth-order valence-corrected chi connectivity index (χ4v) is 0.617. The van der Waals surface area contributed by atoms with Crippen molar-refractivity contribution in [3.63, 3.8) is 0 Å². The van der Waals surface area contributed by atoms with Gasteiger partial charge < -0.3 is 0 Å². The van der Waals surface area contributed by atoms with Crippen molar-refractivity contribution >= 4 is 11.8 Å². The molecule has 0 aliphatic heterocycles. The SMILES string of the molecule is CC.CC(=O)NNC(=O)c1ncccn1. The van der Waals surface area contributed by atoms with Gasteiger partial charge in [-0.15, -0.1) is 0 Å². The first-order valence-electron chi connectivity index (χ1n) is 4.54. The van der Waals surface area contributed by atoms with E-state index in [-0.39, 0.29) is 11.7 Å². The molecule has 1 aromatic rings. The minimum atomic E-state index is -0.546. The molecule has 0 bridgehead atoms. The Morgan fingerprint density at radius 2 is 1.67 bits per heavy atom. The third-order valence-electron chi connectivity index (χ3n) is 1.12. The molecular formula is C9H14N4O2. The third-order valence-corrected chi connectivity index (χ3v) is 1.12. The average Bonchev–Trinajstić information content (AvgIpc) is 2.30. The highest BCUT2D eigenvalue weighted by atomic mass is 16.2. The molecule has 0 saturated heterocycles. The Morgan fingerprint density at radius 3 is 2.13 bits per heavy atom. The first kappa shape index (κ1) is 13.0. The summed E-state index contributed by atoms with van der Waals surface area (Å²) in [6, 6.07) is 1.59. The molecule has 0 saturated carbocycles. The van der Waals surface area contributed by atoms with Gasteiger partial charge in [0.15, 0.2) is 0 Å². The predicted octanol–water partition coefficient (Wildman–Crippen LogP) is 0.284. The fourth-order valence-electron chi connectivity index (χ4n) is 0.617. The summed E-state index contributed by atoms with van der Waals surface area (Å²) in [5, 5.41) is 0. The van der Waals surface area contributed by atoms with Crippen molar-refractivity contribution in [1.82, 2.24) is 20.8 Å². The molecule has 0 aliphatic rings. The van der Waals surface area contributed by atoms with E-state index in [2.05, 4.69) is 20.8 Å². The molecule has 0 spiro atoms. The topological polar surface area (TPSA) is 84.0 Å². The van der Waals surface area contributed by atoms with Crippen LogP contribution in [0.25, 0.3) is 0 Å². The maximum absolute atomic E-state index is 11.1. The average molecular weight is 210 g/mol. The molecule has 0 aromatic carbocycles. The first-order chi connectivity index (χ1) is 7.20. The monoisotopic (exact) mass is 210 g/mol. The van der Waals surface area contributed by atoms with E-state index in [0.717, 1.165) is 0 Å². The van der Waals surface area contributed by atoms with Gasteiger partial charge in [-0.1, -0.05) is 13.8 Å². The van der Waals surface area contributed by atoms with Crippen molar-refractivity contribution in [3.8, 4) is 0 Å². The Bertz CT molecular complexity index is 313. The van der Waals surface area contributed by atoms with Gasteiger partial charge in [0.05, 0.1) is 0 Å². The second-order valence-electron chi connectivity index (χ2n) is 2.21. The van der Waals surface area contributed by atoms with E-state index in [4.69, 9.17) is 0 Å². The molecule has 6 nitrogen and oxygen atoms in total. The van der Waals surface area contributed by atoms with Crippen molar-refractivity contribution in [2.24, 2.45) is 0 Å². The van der Waals surface area contributed by atoms with E-state index in [1.807, 2.05) is 13.8 Å². The number of carbonyl (C=O) groups is 2. The van der Waals surface area contributed by atoms with E-state index in [1.54, 1.807) is 6.07 Å². The van der Waals surface area contributed by atoms with Crippen LogP contribution in [0.5, 0.6) is 0 Å². The van der Waals surface area contributed by atoms with Crippen LogP contribution in [-0.2, 0) is 4.79 Å². The van der Waals surface area contributed by atoms with E-state index in [0.29, 0.717) is 0 Å². The fraction of sp³-hybridized carbons (Fsp3) is 0.333. The molecule has 0 fully saturated rings. The Morgan fingerprint density at radius 1 is 1.13 bits per heavy atom. The van der Waals surface area contributed by atoms with Gasteiger partial charge >= 0.3 is 5.91 Å². The van der Waals surface area contributed by atoms with Gasteiger partial charge in [-0.2, -0.15) is 0 Å². The molecule has 1 rings (SSSR count). The van der Waals surface area contributed by atoms with Crippen LogP contribution < -0.4 is 10.9 Å². The summed E-state index contributed by atoms with van der Waals surface area (Å²) in [6.07, 6.45) is 2.88. The number of amides is 2. The first-order valence-corrected chi connectivity index (χ1v) is 4.54. The van der Waals surface area contributed by atoms with Crippen molar-refractivity contribution in [2.45, 2.75) is 20.8 Å². The van der Waals surface area contributed by atoms with Gasteiger partial charge in [-0.05, 0) is 6.07 Å². The molecule has 0 atom stereocenters. The summed E-state index contributed by atoms with van der Waals surface area (Å²) in [5.41, 5.74) is 4.26. The maximum atomic E-state index is 11.1. The number of hydrazine groups is 1. The largest absolute Gasteiger partial charge is 0.307 e. The summed E-state index contributed by atoms with van der Waals surface area (Å²) in [5.74, 6) is -0.892. The van der Waals surface area contributed by atoms with Crippen molar-refractivity contribution < 1.29 is 9.59 Å². The van der Waals surface area contributed by atoms with Crippen LogP contribution in [0.4, 0.5) is 0 Å². The smallest absolute Gasteiger partial charge is 0.274 e. The minimum Gasteiger partial charge on any atom is -0.274 e. The van der Waals surface area contributed by atoms with Crippen molar-refractivity contribution in [3.05, 3.63) is 24.3 Å². The standard InChI is InChI=1S/C7H8N4O2.C2H6/c1-5(12)10-11-7(13)6-8-3-2-4-9-6;1-2/h2-4H,1H3,(H,10,12)(H,11,13);1-2H3. The zero-order valence-electron chi connectivity index (χ0n) is 8.94. The Labute approximate surface area is 88.1 Å². The number of rotatable bonds is 1. The summed E-state index contributed by atoms with van der Waals surface area (Å²) < 4.78 is 0. The highest BCUT2D eigenvalue weighted by molar-refractivity contribution is 5.91. The summed E-state index contributed by atoms with van der Waals surface area (Å²) in [7, 11) is 0. The van der Waals surface area contributed by atoms with Crippen LogP contribution in [0.15, 0.2) is 18.5 Å². The lowest BCUT2D eigenvalue weighted by Gasteiger charge is -2.02. The summed E-state index contributed by atoms with van der Waals surface area (Å²) in [6.45, 7) is 5.28. The number of hydrogen-bond acceptors (Lipinski definition) is 4. The lowest BCUT2D eigenvalue weighted by molar-refractivity contribution is -0.119. The molecule has 0 unspecified atom stereocenters. The molecule has 2 N–H and O–H groups in total. The van der Waals surface area contributed by atoms with E-state index < -0.39 is 5.91 Å². The molecule has 1 aromatic heterocycles. The van der Waals surface area contributed by atoms with Crippen molar-refractivity contribution in [1.29, 1.82) is 0 Å². The zero-order valence-corrected chi connectivity index (χ0v) is 8.94. The number of hydrogen-bond donors (Lipinski definition) is 2. The summed E-state index contributed by atoms with van der Waals surface area (Å²) >= 11 is 0. The predicted molar refractivity (Wildman–Crippen MR) is 54.7 cm³/mol. The molecule has 0 aliphatic carbocycles. The van der Waals surface area contributed by atoms with Gasteiger partial charge in [0.25, 0.3) is 0 Å². The molecule has 82 valence electrons. The Kier molecular flexibility index (Phi) is 6.45. The summed E-state index contributed by atoms with van der Waals surface area (Å²) in [4.78, 5) is 28.9. The molecule has 15 heavy (non-hydrogen) atoms. The number of nitrogens with zero attached hydrogens (tertiary/aromatic N) is 2. The number of aromatic nitrogens is 2. The highest BCUT2D eigenvalue weighted by Crippen LogP contribution is 1.84. The molecular weight excluding hydrogens is 196 g/mol. The minimum absolute atomic E-state index is 0.0104. The van der Waals surface area contributed by atoms with Crippen LogP contribution in [0.3, 0.4) is 0 Å². The lowest BCUT2D eigenvalue weighted by atomic mass is 10.5. The van der Waals surface area contributed by atoms with Gasteiger partial charge in [-0.25, -0.2) is 9.97 Å². The van der Waals surface area contributed by atoms with Gasteiger partial charge in [0, 0.05) is 19.3 Å². The lowest BCUT2D eigenvalue weighted by Crippen LogP contribution is -2.40. The Hall–Kier alpha value is -1.98. The van der Waals surface area contributed by atoms with Gasteiger partial charge in [0.2, 0.25) is 11.7 Å². The molecule has 6 heteroatoms. The van der Waals surface area contributed by atoms with Crippen LogP contribution in [0, 0.1) is 0 Å². The Balaban J connectivity index is 0.000000921. The molecule has 2 amide bonds.